The molecule has 2 aromatic rings. The van der Waals surface area contributed by atoms with Crippen LogP contribution in [0.25, 0.3) is 10.9 Å². The molecule has 1 aromatic heterocycles. The van der Waals surface area contributed by atoms with Crippen molar-refractivity contribution in [2.24, 2.45) is 0 Å². The van der Waals surface area contributed by atoms with E-state index in [1.807, 2.05) is 30.5 Å². The number of benzene rings is 1. The highest BCUT2D eigenvalue weighted by Crippen LogP contribution is 2.25. The van der Waals surface area contributed by atoms with Crippen molar-refractivity contribution in [3.05, 3.63) is 35.0 Å². The van der Waals surface area contributed by atoms with Gasteiger partial charge in [0.05, 0.1) is 17.7 Å². The quantitative estimate of drug-likeness (QED) is 0.870. The van der Waals surface area contributed by atoms with Crippen LogP contribution in [0.5, 0.6) is 0 Å². The van der Waals surface area contributed by atoms with Gasteiger partial charge in [-0.25, -0.2) is 4.79 Å². The van der Waals surface area contributed by atoms with Gasteiger partial charge in [-0.15, -0.1) is 0 Å². The third-order valence-electron chi connectivity index (χ3n) is 3.22. The number of hydrogen-bond donors (Lipinski definition) is 2. The van der Waals surface area contributed by atoms with Gasteiger partial charge in [0.2, 0.25) is 0 Å². The molecule has 0 aliphatic rings. The van der Waals surface area contributed by atoms with E-state index < -0.39 is 5.97 Å². The molecule has 18 heavy (non-hydrogen) atoms. The van der Waals surface area contributed by atoms with Gasteiger partial charge < -0.3 is 14.8 Å². The molecule has 0 amide bonds. The van der Waals surface area contributed by atoms with Crippen molar-refractivity contribution >= 4 is 16.9 Å². The second-order valence-corrected chi connectivity index (χ2v) is 4.40. The molecule has 1 aromatic carbocycles. The zero-order chi connectivity index (χ0) is 13.3. The van der Waals surface area contributed by atoms with Crippen molar-refractivity contribution in [1.82, 2.24) is 4.57 Å². The van der Waals surface area contributed by atoms with Gasteiger partial charge in [-0.1, -0.05) is 6.92 Å². The molecule has 0 fully saturated rings. The maximum atomic E-state index is 11.4. The Morgan fingerprint density at radius 2 is 2.06 bits per heavy atom. The number of carboxylic acid groups (broad SMARTS) is 1. The van der Waals surface area contributed by atoms with Gasteiger partial charge in [-0.2, -0.15) is 0 Å². The lowest BCUT2D eigenvalue weighted by atomic mass is 10.0. The van der Waals surface area contributed by atoms with Gasteiger partial charge in [0.25, 0.3) is 0 Å². The van der Waals surface area contributed by atoms with Crippen LogP contribution in [-0.4, -0.2) is 27.4 Å². The topological polar surface area (TPSA) is 62.5 Å². The molecular weight excluding hydrogens is 230 g/mol. The minimum absolute atomic E-state index is 0.000785. The number of rotatable bonds is 4. The number of aryl methyl sites for hydroxylation is 2. The molecule has 0 aliphatic carbocycles. The highest BCUT2D eigenvalue weighted by molar-refractivity contribution is 6.03. The van der Waals surface area contributed by atoms with Crippen LogP contribution < -0.4 is 0 Å². The molecule has 0 unspecified atom stereocenters. The number of nitrogens with zero attached hydrogens (tertiary/aromatic N) is 1. The summed E-state index contributed by atoms with van der Waals surface area (Å²) in [7, 11) is 0. The average molecular weight is 247 g/mol. The van der Waals surface area contributed by atoms with Crippen LogP contribution >= 0.6 is 0 Å². The van der Waals surface area contributed by atoms with E-state index in [4.69, 9.17) is 5.11 Å². The second-order valence-electron chi connectivity index (χ2n) is 4.40. The van der Waals surface area contributed by atoms with E-state index >= 15 is 0 Å². The molecule has 4 heteroatoms. The third kappa shape index (κ3) is 1.99. The molecule has 0 aliphatic heterocycles. The SMILES string of the molecule is CCc1cc(C(=O)O)c2c(c1)cc(C)n2CCO. The fourth-order valence-corrected chi connectivity index (χ4v) is 2.36. The fraction of sp³-hybridized carbons (Fsp3) is 0.357. The van der Waals surface area contributed by atoms with Crippen molar-refractivity contribution in [2.45, 2.75) is 26.8 Å². The van der Waals surface area contributed by atoms with Crippen LogP contribution in [0.1, 0.15) is 28.5 Å². The lowest BCUT2D eigenvalue weighted by molar-refractivity contribution is 0.0698. The molecule has 2 N–H and O–H groups in total. The van der Waals surface area contributed by atoms with E-state index in [2.05, 4.69) is 0 Å². The number of aromatic carboxylic acids is 1. The van der Waals surface area contributed by atoms with E-state index in [-0.39, 0.29) is 6.61 Å². The van der Waals surface area contributed by atoms with E-state index in [1.165, 1.54) is 0 Å². The molecule has 2 rings (SSSR count). The van der Waals surface area contributed by atoms with E-state index in [0.29, 0.717) is 17.6 Å². The number of aliphatic hydroxyl groups excluding tert-OH is 1. The highest BCUT2D eigenvalue weighted by Gasteiger charge is 2.15. The summed E-state index contributed by atoms with van der Waals surface area (Å²) in [5.74, 6) is -0.924. The Morgan fingerprint density at radius 1 is 1.33 bits per heavy atom. The van der Waals surface area contributed by atoms with Crippen LogP contribution in [0.15, 0.2) is 18.2 Å². The van der Waals surface area contributed by atoms with Gasteiger partial charge in [-0.3, -0.25) is 0 Å². The van der Waals surface area contributed by atoms with Crippen LogP contribution in [0.3, 0.4) is 0 Å². The molecule has 0 saturated carbocycles. The Balaban J connectivity index is 2.79. The Hall–Kier alpha value is -1.81. The summed E-state index contributed by atoms with van der Waals surface area (Å²) in [6.07, 6.45) is 0.806. The maximum Gasteiger partial charge on any atom is 0.337 e. The number of fused-ring (bicyclic) bond motifs is 1. The van der Waals surface area contributed by atoms with Gasteiger partial charge in [-0.05, 0) is 37.1 Å². The van der Waals surface area contributed by atoms with Crippen LogP contribution in [-0.2, 0) is 13.0 Å². The van der Waals surface area contributed by atoms with Crippen molar-refractivity contribution in [3.63, 3.8) is 0 Å². The number of carbonyl (C=O) groups is 1. The van der Waals surface area contributed by atoms with Crippen LogP contribution in [0.2, 0.25) is 0 Å². The lowest BCUT2D eigenvalue weighted by Gasteiger charge is -2.09. The largest absolute Gasteiger partial charge is 0.478 e. The van der Waals surface area contributed by atoms with Crippen molar-refractivity contribution < 1.29 is 15.0 Å². The molecular formula is C14H17NO3. The first-order valence-electron chi connectivity index (χ1n) is 6.05. The van der Waals surface area contributed by atoms with E-state index in [0.717, 1.165) is 23.1 Å². The highest BCUT2D eigenvalue weighted by atomic mass is 16.4. The number of carboxylic acids is 1. The predicted octanol–water partition coefficient (Wildman–Crippen LogP) is 2.20. The smallest absolute Gasteiger partial charge is 0.337 e. The Bertz CT molecular complexity index is 599. The summed E-state index contributed by atoms with van der Waals surface area (Å²) < 4.78 is 1.86. The van der Waals surface area contributed by atoms with Gasteiger partial charge >= 0.3 is 5.97 Å². The first-order valence-corrected chi connectivity index (χ1v) is 6.05. The molecule has 0 radical (unpaired) electrons. The Kier molecular flexibility index (Phi) is 3.39. The zero-order valence-electron chi connectivity index (χ0n) is 10.6. The fourth-order valence-electron chi connectivity index (χ4n) is 2.36. The molecule has 1 heterocycles. The van der Waals surface area contributed by atoms with Crippen molar-refractivity contribution in [2.75, 3.05) is 6.61 Å². The normalized spacial score (nSPS) is 11.1. The molecule has 0 atom stereocenters. The minimum Gasteiger partial charge on any atom is -0.478 e. The summed E-state index contributed by atoms with van der Waals surface area (Å²) in [5.41, 5.74) is 2.99. The van der Waals surface area contributed by atoms with Crippen LogP contribution in [0.4, 0.5) is 0 Å². The van der Waals surface area contributed by atoms with E-state index in [1.54, 1.807) is 6.07 Å². The first kappa shape index (κ1) is 12.6. The third-order valence-corrected chi connectivity index (χ3v) is 3.22. The Morgan fingerprint density at radius 3 is 2.61 bits per heavy atom. The van der Waals surface area contributed by atoms with Crippen molar-refractivity contribution in [3.8, 4) is 0 Å². The zero-order valence-corrected chi connectivity index (χ0v) is 10.6. The van der Waals surface area contributed by atoms with Crippen LogP contribution in [0, 0.1) is 6.92 Å². The monoisotopic (exact) mass is 247 g/mol. The molecule has 0 spiro atoms. The number of aromatic nitrogens is 1. The first-order chi connectivity index (χ1) is 8.58. The molecule has 0 bridgehead atoms. The minimum atomic E-state index is -0.924. The molecule has 4 nitrogen and oxygen atoms in total. The van der Waals surface area contributed by atoms with E-state index in [9.17, 15) is 9.90 Å². The predicted molar refractivity (Wildman–Crippen MR) is 70.1 cm³/mol. The number of aliphatic hydroxyl groups is 1. The van der Waals surface area contributed by atoms with Crippen molar-refractivity contribution in [1.29, 1.82) is 0 Å². The standard InChI is InChI=1S/C14H17NO3/c1-3-10-7-11-6-9(2)15(4-5-16)13(11)12(8-10)14(17)18/h6-8,16H,3-5H2,1-2H3,(H,17,18). The molecule has 96 valence electrons. The van der Waals surface area contributed by atoms with Gasteiger partial charge in [0.1, 0.15) is 0 Å². The lowest BCUT2D eigenvalue weighted by Crippen LogP contribution is -2.08. The average Bonchev–Trinajstić information content (AvgIpc) is 2.65. The summed E-state index contributed by atoms with van der Waals surface area (Å²) in [4.78, 5) is 11.4. The Labute approximate surface area is 105 Å². The van der Waals surface area contributed by atoms with Gasteiger partial charge in [0, 0.05) is 17.6 Å². The summed E-state index contributed by atoms with van der Waals surface area (Å²) in [5, 5.41) is 19.3. The summed E-state index contributed by atoms with van der Waals surface area (Å²) in [6.45, 7) is 4.34. The number of hydrogen-bond acceptors (Lipinski definition) is 2. The van der Waals surface area contributed by atoms with Gasteiger partial charge in [0.15, 0.2) is 0 Å². The maximum absolute atomic E-state index is 11.4. The summed E-state index contributed by atoms with van der Waals surface area (Å²) in [6, 6.07) is 5.71. The second kappa shape index (κ2) is 4.82. The summed E-state index contributed by atoms with van der Waals surface area (Å²) >= 11 is 0. The molecule has 0 saturated heterocycles.